The third-order valence-corrected chi connectivity index (χ3v) is 4.52. The van der Waals surface area contributed by atoms with Crippen molar-refractivity contribution in [1.29, 1.82) is 0 Å². The third-order valence-electron chi connectivity index (χ3n) is 4.52. The second-order valence-electron chi connectivity index (χ2n) is 5.79. The standard InChI is InChI=1S/C15H19F3N2/c16-9-7-11(17)15(12(18)8-9)20-14-4-1-3-10(14)13-5-2-6-19-13/h7-8,10,13-14,19-20H,1-6H2. The minimum absolute atomic E-state index is 0.0556. The molecule has 0 bridgehead atoms. The van der Waals surface area contributed by atoms with Gasteiger partial charge in [0.05, 0.1) is 0 Å². The SMILES string of the molecule is Fc1cc(F)c(NC2CCCC2C2CCCN2)c(F)c1. The molecule has 1 saturated heterocycles. The average Bonchev–Trinajstić information content (AvgIpc) is 3.04. The summed E-state index contributed by atoms with van der Waals surface area (Å²) in [4.78, 5) is 0. The van der Waals surface area contributed by atoms with Crippen LogP contribution in [0.3, 0.4) is 0 Å². The molecule has 1 aliphatic carbocycles. The molecule has 0 aromatic heterocycles. The molecule has 110 valence electrons. The number of halogens is 3. The molecular formula is C15H19F3N2. The molecule has 2 N–H and O–H groups in total. The number of hydrogen-bond donors (Lipinski definition) is 2. The van der Waals surface area contributed by atoms with Crippen LogP contribution in [-0.2, 0) is 0 Å². The number of rotatable bonds is 3. The first kappa shape index (κ1) is 13.7. The smallest absolute Gasteiger partial charge is 0.152 e. The van der Waals surface area contributed by atoms with E-state index in [1.807, 2.05) is 0 Å². The fraction of sp³-hybridized carbons (Fsp3) is 0.600. The van der Waals surface area contributed by atoms with E-state index >= 15 is 0 Å². The maximum atomic E-state index is 13.7. The van der Waals surface area contributed by atoms with Gasteiger partial charge in [0.15, 0.2) is 11.6 Å². The Morgan fingerprint density at radius 2 is 1.75 bits per heavy atom. The molecule has 20 heavy (non-hydrogen) atoms. The van der Waals surface area contributed by atoms with Crippen LogP contribution in [0.5, 0.6) is 0 Å². The van der Waals surface area contributed by atoms with Crippen molar-refractivity contribution < 1.29 is 13.2 Å². The summed E-state index contributed by atoms with van der Waals surface area (Å²) in [7, 11) is 0. The highest BCUT2D eigenvalue weighted by molar-refractivity contribution is 5.47. The van der Waals surface area contributed by atoms with Gasteiger partial charge in [-0.25, -0.2) is 13.2 Å². The van der Waals surface area contributed by atoms with Gasteiger partial charge in [-0.2, -0.15) is 0 Å². The van der Waals surface area contributed by atoms with Gasteiger partial charge in [-0.15, -0.1) is 0 Å². The summed E-state index contributed by atoms with van der Waals surface area (Å²) >= 11 is 0. The molecule has 2 aliphatic rings. The monoisotopic (exact) mass is 284 g/mol. The van der Waals surface area contributed by atoms with E-state index in [0.717, 1.165) is 50.8 Å². The van der Waals surface area contributed by atoms with Crippen molar-refractivity contribution >= 4 is 5.69 Å². The Balaban J connectivity index is 1.76. The van der Waals surface area contributed by atoms with Crippen molar-refractivity contribution in [2.24, 2.45) is 5.92 Å². The molecule has 1 aliphatic heterocycles. The first-order valence-electron chi connectivity index (χ1n) is 7.29. The predicted octanol–water partition coefficient (Wildman–Crippen LogP) is 3.44. The van der Waals surface area contributed by atoms with E-state index in [0.29, 0.717) is 12.0 Å². The normalized spacial score (nSPS) is 29.9. The summed E-state index contributed by atoms with van der Waals surface area (Å²) < 4.78 is 40.3. The zero-order chi connectivity index (χ0) is 14.1. The van der Waals surface area contributed by atoms with Crippen molar-refractivity contribution in [3.63, 3.8) is 0 Å². The zero-order valence-electron chi connectivity index (χ0n) is 11.3. The van der Waals surface area contributed by atoms with E-state index in [1.54, 1.807) is 0 Å². The lowest BCUT2D eigenvalue weighted by Crippen LogP contribution is -2.38. The third kappa shape index (κ3) is 2.64. The Labute approximate surface area is 116 Å². The number of anilines is 1. The van der Waals surface area contributed by atoms with E-state index in [-0.39, 0.29) is 11.7 Å². The van der Waals surface area contributed by atoms with Crippen LogP contribution in [0.15, 0.2) is 12.1 Å². The Kier molecular flexibility index (Phi) is 3.87. The fourth-order valence-electron chi connectivity index (χ4n) is 3.59. The summed E-state index contributed by atoms with van der Waals surface area (Å²) in [5.74, 6) is -2.20. The van der Waals surface area contributed by atoms with E-state index < -0.39 is 17.5 Å². The second-order valence-corrected chi connectivity index (χ2v) is 5.79. The molecular weight excluding hydrogens is 265 g/mol. The molecule has 0 amide bonds. The lowest BCUT2D eigenvalue weighted by molar-refractivity contribution is 0.374. The summed E-state index contributed by atoms with van der Waals surface area (Å²) in [6, 6.07) is 1.94. The highest BCUT2D eigenvalue weighted by atomic mass is 19.1. The van der Waals surface area contributed by atoms with Gasteiger partial charge in [0, 0.05) is 24.2 Å². The Bertz CT molecular complexity index is 463. The van der Waals surface area contributed by atoms with Crippen molar-refractivity contribution in [1.82, 2.24) is 5.32 Å². The number of nitrogens with one attached hydrogen (secondary N) is 2. The largest absolute Gasteiger partial charge is 0.377 e. The van der Waals surface area contributed by atoms with Crippen LogP contribution in [0.2, 0.25) is 0 Å². The van der Waals surface area contributed by atoms with E-state index in [1.165, 1.54) is 0 Å². The highest BCUT2D eigenvalue weighted by Gasteiger charge is 2.35. The van der Waals surface area contributed by atoms with Gasteiger partial charge in [-0.1, -0.05) is 6.42 Å². The fourth-order valence-corrected chi connectivity index (χ4v) is 3.59. The van der Waals surface area contributed by atoms with Gasteiger partial charge in [-0.05, 0) is 38.1 Å². The van der Waals surface area contributed by atoms with Crippen LogP contribution in [0.4, 0.5) is 18.9 Å². The molecule has 3 unspecified atom stereocenters. The molecule has 0 radical (unpaired) electrons. The van der Waals surface area contributed by atoms with Crippen molar-refractivity contribution in [2.75, 3.05) is 11.9 Å². The van der Waals surface area contributed by atoms with Crippen molar-refractivity contribution in [3.8, 4) is 0 Å². The maximum Gasteiger partial charge on any atom is 0.152 e. The molecule has 2 fully saturated rings. The molecule has 0 spiro atoms. The van der Waals surface area contributed by atoms with Crippen molar-refractivity contribution in [3.05, 3.63) is 29.6 Å². The molecule has 5 heteroatoms. The lowest BCUT2D eigenvalue weighted by Gasteiger charge is -2.27. The lowest BCUT2D eigenvalue weighted by atomic mass is 9.93. The van der Waals surface area contributed by atoms with Crippen LogP contribution in [-0.4, -0.2) is 18.6 Å². The molecule has 1 aromatic carbocycles. The highest BCUT2D eigenvalue weighted by Crippen LogP contribution is 2.35. The summed E-state index contributed by atoms with van der Waals surface area (Å²) in [6.45, 7) is 1.02. The van der Waals surface area contributed by atoms with Crippen LogP contribution in [0, 0.1) is 23.4 Å². The van der Waals surface area contributed by atoms with Gasteiger partial charge in [0.2, 0.25) is 0 Å². The summed E-state index contributed by atoms with van der Waals surface area (Å²) in [5.41, 5.74) is -0.193. The molecule has 2 nitrogen and oxygen atoms in total. The Morgan fingerprint density at radius 3 is 2.40 bits per heavy atom. The van der Waals surface area contributed by atoms with Gasteiger partial charge < -0.3 is 10.6 Å². The van der Waals surface area contributed by atoms with Crippen LogP contribution < -0.4 is 10.6 Å². The van der Waals surface area contributed by atoms with Gasteiger partial charge in [0.1, 0.15) is 11.5 Å². The zero-order valence-corrected chi connectivity index (χ0v) is 11.3. The first-order chi connectivity index (χ1) is 9.65. The topological polar surface area (TPSA) is 24.1 Å². The summed E-state index contributed by atoms with van der Waals surface area (Å²) in [5, 5.41) is 6.44. The molecule has 3 atom stereocenters. The molecule has 3 rings (SSSR count). The Morgan fingerprint density at radius 1 is 1.00 bits per heavy atom. The first-order valence-corrected chi connectivity index (χ1v) is 7.29. The van der Waals surface area contributed by atoms with Crippen LogP contribution in [0.25, 0.3) is 0 Å². The van der Waals surface area contributed by atoms with Crippen molar-refractivity contribution in [2.45, 2.75) is 44.2 Å². The van der Waals surface area contributed by atoms with Gasteiger partial charge in [0.25, 0.3) is 0 Å². The average molecular weight is 284 g/mol. The summed E-state index contributed by atoms with van der Waals surface area (Å²) in [6.07, 6.45) is 5.31. The number of benzene rings is 1. The minimum atomic E-state index is -0.883. The van der Waals surface area contributed by atoms with Crippen LogP contribution >= 0.6 is 0 Å². The maximum absolute atomic E-state index is 13.7. The quantitative estimate of drug-likeness (QED) is 0.888. The molecule has 1 aromatic rings. The van der Waals surface area contributed by atoms with Gasteiger partial charge in [-0.3, -0.25) is 0 Å². The number of hydrogen-bond acceptors (Lipinski definition) is 2. The Hall–Kier alpha value is -1.23. The molecule has 1 saturated carbocycles. The van der Waals surface area contributed by atoms with E-state index in [9.17, 15) is 13.2 Å². The predicted molar refractivity (Wildman–Crippen MR) is 72.1 cm³/mol. The second kappa shape index (κ2) is 5.64. The molecule has 1 heterocycles. The minimum Gasteiger partial charge on any atom is -0.377 e. The van der Waals surface area contributed by atoms with E-state index in [2.05, 4.69) is 10.6 Å². The van der Waals surface area contributed by atoms with Gasteiger partial charge >= 0.3 is 0 Å². The van der Waals surface area contributed by atoms with Crippen LogP contribution in [0.1, 0.15) is 32.1 Å². The van der Waals surface area contributed by atoms with E-state index in [4.69, 9.17) is 0 Å².